The lowest BCUT2D eigenvalue weighted by Gasteiger charge is -2.20. The second-order valence-electron chi connectivity index (χ2n) is 4.49. The van der Waals surface area contributed by atoms with Crippen LogP contribution in [0, 0.1) is 11.6 Å². The van der Waals surface area contributed by atoms with Gasteiger partial charge in [0.1, 0.15) is 0 Å². The summed E-state index contributed by atoms with van der Waals surface area (Å²) in [6.45, 7) is 1.66. The third kappa shape index (κ3) is 5.08. The first-order chi connectivity index (χ1) is 8.52. The average Bonchev–Trinajstić information content (AvgIpc) is 2.31. The zero-order valence-corrected chi connectivity index (χ0v) is 10.6. The lowest BCUT2D eigenvalue weighted by Crippen LogP contribution is -2.32. The van der Waals surface area contributed by atoms with Crippen LogP contribution >= 0.6 is 0 Å². The molecule has 0 fully saturated rings. The molecule has 0 aliphatic rings. The molecule has 102 valence electrons. The number of likely N-dealkylation sites (N-methyl/N-ethyl adjacent to an activating group) is 1. The molecule has 0 saturated carbocycles. The van der Waals surface area contributed by atoms with Gasteiger partial charge in [0.2, 0.25) is 0 Å². The van der Waals surface area contributed by atoms with Crippen molar-refractivity contribution in [3.05, 3.63) is 35.4 Å². The molecule has 1 rings (SSSR count). The SMILES string of the molecule is CN(CCc1ccc(F)c(F)c1)CC(O)CCN. The molecule has 0 amide bonds. The van der Waals surface area contributed by atoms with Crippen LogP contribution in [0.1, 0.15) is 12.0 Å². The monoisotopic (exact) mass is 258 g/mol. The second kappa shape index (κ2) is 7.41. The highest BCUT2D eigenvalue weighted by Crippen LogP contribution is 2.09. The van der Waals surface area contributed by atoms with E-state index in [1.165, 1.54) is 6.07 Å². The van der Waals surface area contributed by atoms with E-state index in [1.807, 2.05) is 11.9 Å². The van der Waals surface area contributed by atoms with Crippen molar-refractivity contribution in [1.29, 1.82) is 0 Å². The standard InChI is InChI=1S/C13H20F2N2O/c1-17(9-11(18)4-6-16)7-5-10-2-3-12(14)13(15)8-10/h2-3,8,11,18H,4-7,9,16H2,1H3. The van der Waals surface area contributed by atoms with E-state index >= 15 is 0 Å². The molecule has 0 aromatic heterocycles. The number of hydrogen-bond acceptors (Lipinski definition) is 3. The molecule has 0 heterocycles. The van der Waals surface area contributed by atoms with Crippen molar-refractivity contribution in [1.82, 2.24) is 4.90 Å². The number of rotatable bonds is 7. The number of aliphatic hydroxyl groups is 1. The van der Waals surface area contributed by atoms with Gasteiger partial charge in [-0.15, -0.1) is 0 Å². The fourth-order valence-corrected chi connectivity index (χ4v) is 1.75. The highest BCUT2D eigenvalue weighted by atomic mass is 19.2. The summed E-state index contributed by atoms with van der Waals surface area (Å²) in [6.07, 6.45) is 0.739. The first kappa shape index (κ1) is 15.0. The Hall–Kier alpha value is -1.04. The number of hydrogen-bond donors (Lipinski definition) is 2. The first-order valence-corrected chi connectivity index (χ1v) is 6.03. The van der Waals surface area contributed by atoms with Crippen LogP contribution in [-0.2, 0) is 6.42 Å². The number of benzene rings is 1. The summed E-state index contributed by atoms with van der Waals surface area (Å²) in [5, 5.41) is 9.57. The van der Waals surface area contributed by atoms with Crippen molar-refractivity contribution >= 4 is 0 Å². The molecule has 0 spiro atoms. The van der Waals surface area contributed by atoms with Crippen LogP contribution in [0.2, 0.25) is 0 Å². The van der Waals surface area contributed by atoms with Gasteiger partial charge >= 0.3 is 0 Å². The summed E-state index contributed by atoms with van der Waals surface area (Å²) in [5.74, 6) is -1.65. The highest BCUT2D eigenvalue weighted by Gasteiger charge is 2.08. The minimum absolute atomic E-state index is 0.440. The quantitative estimate of drug-likeness (QED) is 0.771. The van der Waals surface area contributed by atoms with E-state index in [0.717, 1.165) is 11.6 Å². The molecular formula is C13H20F2N2O. The molecule has 5 heteroatoms. The maximum absolute atomic E-state index is 13.0. The predicted octanol–water partition coefficient (Wildman–Crippen LogP) is 1.15. The lowest BCUT2D eigenvalue weighted by atomic mass is 10.1. The highest BCUT2D eigenvalue weighted by molar-refractivity contribution is 5.18. The van der Waals surface area contributed by atoms with Crippen molar-refractivity contribution in [2.75, 3.05) is 26.7 Å². The van der Waals surface area contributed by atoms with E-state index in [-0.39, 0.29) is 0 Å². The minimum atomic E-state index is -0.828. The smallest absolute Gasteiger partial charge is 0.159 e. The Morgan fingerprint density at radius 3 is 2.67 bits per heavy atom. The Morgan fingerprint density at radius 2 is 2.06 bits per heavy atom. The topological polar surface area (TPSA) is 49.5 Å². The molecule has 3 nitrogen and oxygen atoms in total. The Morgan fingerprint density at radius 1 is 1.33 bits per heavy atom. The maximum Gasteiger partial charge on any atom is 0.159 e. The zero-order chi connectivity index (χ0) is 13.5. The molecule has 0 radical (unpaired) electrons. The van der Waals surface area contributed by atoms with Crippen LogP contribution in [0.3, 0.4) is 0 Å². The van der Waals surface area contributed by atoms with Crippen LogP contribution in [0.25, 0.3) is 0 Å². The van der Waals surface area contributed by atoms with Crippen LogP contribution in [-0.4, -0.2) is 42.8 Å². The largest absolute Gasteiger partial charge is 0.392 e. The summed E-state index contributed by atoms with van der Waals surface area (Å²) in [6, 6.07) is 3.91. The van der Waals surface area contributed by atoms with Gasteiger partial charge in [0.05, 0.1) is 6.10 Å². The van der Waals surface area contributed by atoms with Gasteiger partial charge in [0.25, 0.3) is 0 Å². The third-order valence-corrected chi connectivity index (χ3v) is 2.79. The molecule has 1 atom stereocenters. The van der Waals surface area contributed by atoms with Gasteiger partial charge in [-0.25, -0.2) is 8.78 Å². The van der Waals surface area contributed by atoms with Gasteiger partial charge in [0.15, 0.2) is 11.6 Å². The molecule has 1 aromatic carbocycles. The molecule has 0 aliphatic carbocycles. The Kier molecular flexibility index (Phi) is 6.18. The van der Waals surface area contributed by atoms with Crippen molar-refractivity contribution in [3.8, 4) is 0 Å². The molecule has 3 N–H and O–H groups in total. The van der Waals surface area contributed by atoms with E-state index in [1.54, 1.807) is 6.07 Å². The number of nitrogens with zero attached hydrogens (tertiary/aromatic N) is 1. The van der Waals surface area contributed by atoms with E-state index < -0.39 is 17.7 Å². The van der Waals surface area contributed by atoms with Crippen molar-refractivity contribution < 1.29 is 13.9 Å². The summed E-state index contributed by atoms with van der Waals surface area (Å²) < 4.78 is 25.7. The summed E-state index contributed by atoms with van der Waals surface area (Å²) >= 11 is 0. The van der Waals surface area contributed by atoms with E-state index in [4.69, 9.17) is 5.73 Å². The summed E-state index contributed by atoms with van der Waals surface area (Å²) in [5.41, 5.74) is 6.09. The van der Waals surface area contributed by atoms with E-state index in [2.05, 4.69) is 0 Å². The fourth-order valence-electron chi connectivity index (χ4n) is 1.75. The average molecular weight is 258 g/mol. The van der Waals surface area contributed by atoms with Gasteiger partial charge in [-0.05, 0) is 44.1 Å². The molecule has 18 heavy (non-hydrogen) atoms. The van der Waals surface area contributed by atoms with Gasteiger partial charge in [-0.1, -0.05) is 6.07 Å². The third-order valence-electron chi connectivity index (χ3n) is 2.79. The summed E-state index contributed by atoms with van der Waals surface area (Å²) in [4.78, 5) is 1.95. The molecule has 1 unspecified atom stereocenters. The normalized spacial score (nSPS) is 13.0. The molecule has 0 aliphatic heterocycles. The minimum Gasteiger partial charge on any atom is -0.392 e. The predicted molar refractivity (Wildman–Crippen MR) is 67.2 cm³/mol. The second-order valence-corrected chi connectivity index (χ2v) is 4.49. The van der Waals surface area contributed by atoms with Crippen molar-refractivity contribution in [3.63, 3.8) is 0 Å². The van der Waals surface area contributed by atoms with Crippen molar-refractivity contribution in [2.24, 2.45) is 5.73 Å². The molecule has 1 aromatic rings. The number of halogens is 2. The zero-order valence-electron chi connectivity index (χ0n) is 10.6. The van der Waals surface area contributed by atoms with Gasteiger partial charge in [-0.3, -0.25) is 0 Å². The fraction of sp³-hybridized carbons (Fsp3) is 0.538. The first-order valence-electron chi connectivity index (χ1n) is 6.03. The maximum atomic E-state index is 13.0. The van der Waals surface area contributed by atoms with Crippen LogP contribution in [0.5, 0.6) is 0 Å². The Balaban J connectivity index is 2.37. The van der Waals surface area contributed by atoms with Gasteiger partial charge in [-0.2, -0.15) is 0 Å². The Labute approximate surface area is 106 Å². The van der Waals surface area contributed by atoms with Gasteiger partial charge < -0.3 is 15.7 Å². The van der Waals surface area contributed by atoms with Crippen LogP contribution in [0.15, 0.2) is 18.2 Å². The lowest BCUT2D eigenvalue weighted by molar-refractivity contribution is 0.120. The van der Waals surface area contributed by atoms with Crippen molar-refractivity contribution in [2.45, 2.75) is 18.9 Å². The van der Waals surface area contributed by atoms with E-state index in [0.29, 0.717) is 32.5 Å². The number of nitrogens with two attached hydrogens (primary N) is 1. The van der Waals surface area contributed by atoms with Crippen LogP contribution in [0.4, 0.5) is 8.78 Å². The molecular weight excluding hydrogens is 238 g/mol. The summed E-state index contributed by atoms with van der Waals surface area (Å²) in [7, 11) is 1.87. The Bertz CT molecular complexity index is 374. The van der Waals surface area contributed by atoms with E-state index in [9.17, 15) is 13.9 Å². The van der Waals surface area contributed by atoms with Gasteiger partial charge in [0, 0.05) is 13.1 Å². The molecule has 0 bridgehead atoms. The molecule has 0 saturated heterocycles. The van der Waals surface area contributed by atoms with Crippen LogP contribution < -0.4 is 5.73 Å². The number of aliphatic hydroxyl groups excluding tert-OH is 1.